The molecule has 1 atom stereocenters. The molecule has 1 aromatic heterocycles. The van der Waals surface area contributed by atoms with E-state index in [0.29, 0.717) is 42.0 Å². The normalized spacial score (nSPS) is 17.1. The van der Waals surface area contributed by atoms with Crippen LogP contribution < -0.4 is 10.2 Å². The van der Waals surface area contributed by atoms with Crippen molar-refractivity contribution in [2.24, 2.45) is 5.41 Å². The molecule has 1 N–H and O–H groups in total. The molecule has 174 valence electrons. The predicted octanol–water partition coefficient (Wildman–Crippen LogP) is 4.19. The predicted molar refractivity (Wildman–Crippen MR) is 119 cm³/mol. The Bertz CT molecular complexity index is 807. The van der Waals surface area contributed by atoms with Crippen molar-refractivity contribution in [3.05, 3.63) is 16.0 Å². The number of nitrogens with one attached hydrogen (secondary N) is 1. The van der Waals surface area contributed by atoms with Crippen LogP contribution in [0.2, 0.25) is 0 Å². The lowest BCUT2D eigenvalue weighted by molar-refractivity contribution is 0.0402. The summed E-state index contributed by atoms with van der Waals surface area (Å²) in [6, 6.07) is -0.674. The molecule has 1 saturated heterocycles. The molecule has 0 radical (unpaired) electrons. The summed E-state index contributed by atoms with van der Waals surface area (Å²) in [4.78, 5) is 35.4. The second-order valence-electron chi connectivity index (χ2n) is 8.99. The van der Waals surface area contributed by atoms with Crippen molar-refractivity contribution in [3.63, 3.8) is 0 Å². The van der Waals surface area contributed by atoms with E-state index >= 15 is 0 Å². The van der Waals surface area contributed by atoms with E-state index in [1.165, 1.54) is 0 Å². The zero-order valence-electron chi connectivity index (χ0n) is 19.1. The van der Waals surface area contributed by atoms with E-state index in [-0.39, 0.29) is 12.3 Å². The molecule has 10 heteroatoms. The summed E-state index contributed by atoms with van der Waals surface area (Å²) < 4.78 is 24.8. The number of anilines is 1. The molecule has 0 aromatic carbocycles. The highest BCUT2D eigenvalue weighted by atomic mass is 79.9. The number of alkyl halides is 1. The molecule has 1 aliphatic rings. The van der Waals surface area contributed by atoms with Crippen LogP contribution in [0.3, 0.4) is 0 Å². The van der Waals surface area contributed by atoms with Crippen molar-refractivity contribution in [3.8, 4) is 0 Å². The highest BCUT2D eigenvalue weighted by Crippen LogP contribution is 2.37. The fraction of sp³-hybridized carbons (Fsp3) is 0.714. The summed E-state index contributed by atoms with van der Waals surface area (Å²) in [5.41, 5.74) is -0.317. The van der Waals surface area contributed by atoms with E-state index in [9.17, 15) is 14.0 Å². The summed E-state index contributed by atoms with van der Waals surface area (Å²) in [7, 11) is 0. The zero-order chi connectivity index (χ0) is 23.4. The van der Waals surface area contributed by atoms with Crippen LogP contribution in [0.15, 0.2) is 4.60 Å². The van der Waals surface area contributed by atoms with Crippen molar-refractivity contribution in [2.45, 2.75) is 66.0 Å². The average Bonchev–Trinajstić information content (AvgIpc) is 2.67. The highest BCUT2D eigenvalue weighted by molar-refractivity contribution is 9.10. The summed E-state index contributed by atoms with van der Waals surface area (Å²) in [5.74, 6) is -0.0784. The summed E-state index contributed by atoms with van der Waals surface area (Å²) in [6.07, 6.45) is 0.560. The molecular weight excluding hydrogens is 471 g/mol. The monoisotopic (exact) mass is 502 g/mol. The number of hydrogen-bond acceptors (Lipinski definition) is 7. The number of halogens is 2. The lowest BCUT2D eigenvalue weighted by atomic mass is 9.74. The SMILES string of the molecule is CCOC(=O)c1nc(Br)c(C)nc1N1CCC(C)(C(CF)NC(=O)OC(C)(C)C)CC1. The van der Waals surface area contributed by atoms with Gasteiger partial charge in [0.1, 0.15) is 16.9 Å². The molecule has 2 rings (SSSR count). The maximum Gasteiger partial charge on any atom is 0.407 e. The topological polar surface area (TPSA) is 93.6 Å². The van der Waals surface area contributed by atoms with E-state index in [2.05, 4.69) is 31.2 Å². The third kappa shape index (κ3) is 6.51. The number of esters is 1. The molecule has 1 amide bonds. The molecule has 0 saturated carbocycles. The van der Waals surface area contributed by atoms with Gasteiger partial charge in [-0.2, -0.15) is 0 Å². The number of aryl methyl sites for hydroxylation is 1. The largest absolute Gasteiger partial charge is 0.461 e. The Morgan fingerprint density at radius 3 is 2.42 bits per heavy atom. The molecule has 1 aliphatic heterocycles. The molecule has 31 heavy (non-hydrogen) atoms. The van der Waals surface area contributed by atoms with E-state index in [1.807, 2.05) is 11.8 Å². The number of nitrogens with zero attached hydrogens (tertiary/aromatic N) is 3. The van der Waals surface area contributed by atoms with Crippen LogP contribution in [0.4, 0.5) is 15.0 Å². The third-order valence-corrected chi connectivity index (χ3v) is 6.11. The van der Waals surface area contributed by atoms with Gasteiger partial charge in [-0.1, -0.05) is 6.92 Å². The van der Waals surface area contributed by atoms with Crippen LogP contribution in [0.25, 0.3) is 0 Å². The molecule has 1 aromatic rings. The van der Waals surface area contributed by atoms with Gasteiger partial charge < -0.3 is 19.7 Å². The number of carbonyl (C=O) groups is 2. The summed E-state index contributed by atoms with van der Waals surface area (Å²) >= 11 is 3.32. The van der Waals surface area contributed by atoms with Crippen LogP contribution in [0, 0.1) is 12.3 Å². The van der Waals surface area contributed by atoms with E-state index in [1.54, 1.807) is 34.6 Å². The first kappa shape index (κ1) is 25.3. The Labute approximate surface area is 191 Å². The first-order chi connectivity index (χ1) is 14.4. The number of carbonyl (C=O) groups excluding carboxylic acids is 2. The molecule has 1 fully saturated rings. The Hall–Kier alpha value is -1.97. The van der Waals surface area contributed by atoms with Crippen molar-refractivity contribution in [1.82, 2.24) is 15.3 Å². The van der Waals surface area contributed by atoms with Gasteiger partial charge in [0.2, 0.25) is 0 Å². The summed E-state index contributed by atoms with van der Waals surface area (Å²) in [5, 5.41) is 2.69. The number of rotatable bonds is 6. The van der Waals surface area contributed by atoms with E-state index < -0.39 is 35.8 Å². The van der Waals surface area contributed by atoms with Gasteiger partial charge in [0.05, 0.1) is 18.3 Å². The fourth-order valence-corrected chi connectivity index (χ4v) is 3.74. The van der Waals surface area contributed by atoms with Gasteiger partial charge in [-0.15, -0.1) is 0 Å². The third-order valence-electron chi connectivity index (χ3n) is 5.35. The smallest absolute Gasteiger partial charge is 0.407 e. The maximum absolute atomic E-state index is 13.9. The first-order valence-electron chi connectivity index (χ1n) is 10.4. The lowest BCUT2D eigenvalue weighted by Crippen LogP contribution is -2.53. The van der Waals surface area contributed by atoms with Gasteiger partial charge >= 0.3 is 12.1 Å². The molecule has 0 bridgehead atoms. The van der Waals surface area contributed by atoms with Gasteiger partial charge in [-0.25, -0.2) is 23.9 Å². The Morgan fingerprint density at radius 1 is 1.29 bits per heavy atom. The summed E-state index contributed by atoms with van der Waals surface area (Å²) in [6.45, 7) is 11.4. The number of piperidine rings is 1. The highest BCUT2D eigenvalue weighted by Gasteiger charge is 2.40. The molecule has 1 unspecified atom stereocenters. The molecule has 0 spiro atoms. The molecule has 0 aliphatic carbocycles. The molecule has 8 nitrogen and oxygen atoms in total. The van der Waals surface area contributed by atoms with Gasteiger partial charge in [0, 0.05) is 13.1 Å². The molecular formula is C21H32BrFN4O4. The van der Waals surface area contributed by atoms with Crippen LogP contribution >= 0.6 is 15.9 Å². The van der Waals surface area contributed by atoms with Crippen molar-refractivity contribution < 1.29 is 23.5 Å². The lowest BCUT2D eigenvalue weighted by Gasteiger charge is -2.44. The van der Waals surface area contributed by atoms with Gasteiger partial charge in [-0.3, -0.25) is 0 Å². The minimum atomic E-state index is -0.693. The van der Waals surface area contributed by atoms with Crippen LogP contribution in [0.5, 0.6) is 0 Å². The second kappa shape index (κ2) is 10.1. The number of ether oxygens (including phenoxy) is 2. The van der Waals surface area contributed by atoms with Gasteiger partial charge in [0.25, 0.3) is 0 Å². The Morgan fingerprint density at radius 2 is 1.90 bits per heavy atom. The molecule has 2 heterocycles. The van der Waals surface area contributed by atoms with Crippen molar-refractivity contribution in [2.75, 3.05) is 31.3 Å². The fourth-order valence-electron chi connectivity index (χ4n) is 3.47. The number of amides is 1. The average molecular weight is 503 g/mol. The minimum Gasteiger partial charge on any atom is -0.461 e. The quantitative estimate of drug-likeness (QED) is 0.582. The Balaban J connectivity index is 2.16. The van der Waals surface area contributed by atoms with E-state index in [4.69, 9.17) is 9.47 Å². The van der Waals surface area contributed by atoms with Crippen LogP contribution in [-0.2, 0) is 9.47 Å². The number of aromatic nitrogens is 2. The van der Waals surface area contributed by atoms with Crippen LogP contribution in [0.1, 0.15) is 63.6 Å². The van der Waals surface area contributed by atoms with Gasteiger partial charge in [-0.05, 0) is 68.8 Å². The van der Waals surface area contributed by atoms with Crippen molar-refractivity contribution >= 4 is 33.8 Å². The minimum absolute atomic E-state index is 0.150. The zero-order valence-corrected chi connectivity index (χ0v) is 20.6. The standard InChI is InChI=1S/C21H32BrFN4O4/c1-7-30-18(28)15-17(24-13(2)16(22)26-15)27-10-8-21(6,9-11-27)14(12-23)25-19(29)31-20(3,4)5/h14H,7-12H2,1-6H3,(H,25,29). The Kier molecular flexibility index (Phi) is 8.24. The van der Waals surface area contributed by atoms with Crippen LogP contribution in [-0.4, -0.2) is 60.0 Å². The second-order valence-corrected chi connectivity index (χ2v) is 9.74. The maximum atomic E-state index is 13.9. The van der Waals surface area contributed by atoms with Crippen molar-refractivity contribution in [1.29, 1.82) is 0 Å². The number of alkyl carbamates (subject to hydrolysis) is 1. The van der Waals surface area contributed by atoms with Gasteiger partial charge in [0.15, 0.2) is 11.5 Å². The first-order valence-corrected chi connectivity index (χ1v) is 11.2. The van der Waals surface area contributed by atoms with E-state index in [0.717, 1.165) is 0 Å². The number of hydrogen-bond donors (Lipinski definition) is 1.